The van der Waals surface area contributed by atoms with Gasteiger partial charge in [-0.25, -0.2) is 0 Å². The molecule has 0 fully saturated rings. The second-order valence-corrected chi connectivity index (χ2v) is 4.51. The van der Waals surface area contributed by atoms with E-state index in [4.69, 9.17) is 4.74 Å². The summed E-state index contributed by atoms with van der Waals surface area (Å²) >= 11 is 3.53. The van der Waals surface area contributed by atoms with Gasteiger partial charge < -0.3 is 10.1 Å². The van der Waals surface area contributed by atoms with E-state index in [1.165, 1.54) is 12.1 Å². The minimum atomic E-state index is 0.698. The molecule has 1 aromatic rings. The first-order valence-corrected chi connectivity index (χ1v) is 6.48. The smallest absolute Gasteiger partial charge is 0.0658 e. The van der Waals surface area contributed by atoms with Gasteiger partial charge in [0, 0.05) is 20.1 Å². The first kappa shape index (κ1) is 13.7. The Labute approximate surface area is 105 Å². The highest BCUT2D eigenvalue weighted by Crippen LogP contribution is 2.16. The summed E-state index contributed by atoms with van der Waals surface area (Å²) in [7, 11) is 1.71. The van der Waals surface area contributed by atoms with E-state index < -0.39 is 0 Å². The fraction of sp³-hybridized carbons (Fsp3) is 0.727. The molecule has 1 heterocycles. The van der Waals surface area contributed by atoms with Crippen LogP contribution in [0.2, 0.25) is 0 Å². The van der Waals surface area contributed by atoms with Gasteiger partial charge in [-0.05, 0) is 28.9 Å². The quantitative estimate of drug-likeness (QED) is 0.742. The van der Waals surface area contributed by atoms with Crippen LogP contribution in [0.4, 0.5) is 0 Å². The van der Waals surface area contributed by atoms with Gasteiger partial charge in [-0.2, -0.15) is 5.10 Å². The van der Waals surface area contributed by atoms with Gasteiger partial charge in [-0.1, -0.05) is 6.92 Å². The van der Waals surface area contributed by atoms with E-state index in [0.717, 1.165) is 30.5 Å². The Morgan fingerprint density at radius 2 is 2.31 bits per heavy atom. The lowest BCUT2D eigenvalue weighted by Gasteiger charge is -2.08. The molecule has 0 aliphatic heterocycles. The second-order valence-electron chi connectivity index (χ2n) is 3.66. The van der Waals surface area contributed by atoms with E-state index in [0.29, 0.717) is 6.61 Å². The molecule has 0 radical (unpaired) electrons. The number of hydrogen-bond donors (Lipinski definition) is 1. The van der Waals surface area contributed by atoms with Crippen molar-refractivity contribution in [3.8, 4) is 0 Å². The van der Waals surface area contributed by atoms with Crippen molar-refractivity contribution in [3.05, 3.63) is 16.4 Å². The fourth-order valence-electron chi connectivity index (χ4n) is 1.52. The Balaban J connectivity index is 2.45. The van der Waals surface area contributed by atoms with E-state index in [-0.39, 0.29) is 0 Å². The predicted octanol–water partition coefficient (Wildman–Crippen LogP) is 1.83. The van der Waals surface area contributed by atoms with E-state index in [1.807, 2.05) is 10.9 Å². The SMILES string of the molecule is CCCNCCc1c(Br)cnn1CCOC. The zero-order valence-electron chi connectivity index (χ0n) is 10.0. The number of rotatable bonds is 8. The largest absolute Gasteiger partial charge is 0.383 e. The first-order valence-electron chi connectivity index (χ1n) is 5.69. The summed E-state index contributed by atoms with van der Waals surface area (Å²) in [4.78, 5) is 0. The Morgan fingerprint density at radius 1 is 1.50 bits per heavy atom. The van der Waals surface area contributed by atoms with Crippen LogP contribution in [0, 0.1) is 0 Å². The number of halogens is 1. The van der Waals surface area contributed by atoms with Crippen LogP contribution < -0.4 is 5.32 Å². The number of nitrogens with one attached hydrogen (secondary N) is 1. The average Bonchev–Trinajstić information content (AvgIpc) is 2.63. The first-order chi connectivity index (χ1) is 7.79. The summed E-state index contributed by atoms with van der Waals surface area (Å²) in [6.45, 7) is 5.75. The molecule has 1 rings (SSSR count). The third kappa shape index (κ3) is 4.23. The van der Waals surface area contributed by atoms with Gasteiger partial charge in [0.15, 0.2) is 0 Å². The Hall–Kier alpha value is -0.390. The van der Waals surface area contributed by atoms with Crippen LogP contribution in [0.15, 0.2) is 10.7 Å². The van der Waals surface area contributed by atoms with Crippen molar-refractivity contribution in [3.63, 3.8) is 0 Å². The summed E-state index contributed by atoms with van der Waals surface area (Å²) in [6.07, 6.45) is 4.01. The van der Waals surface area contributed by atoms with Gasteiger partial charge in [0.25, 0.3) is 0 Å². The van der Waals surface area contributed by atoms with Gasteiger partial charge in [0.2, 0.25) is 0 Å². The molecule has 0 aliphatic carbocycles. The monoisotopic (exact) mass is 289 g/mol. The standard InChI is InChI=1S/C11H20BrN3O/c1-3-5-13-6-4-11-10(12)9-14-15(11)7-8-16-2/h9,13H,3-8H2,1-2H3. The number of methoxy groups -OCH3 is 1. The maximum atomic E-state index is 5.06. The number of ether oxygens (including phenoxy) is 1. The molecule has 4 nitrogen and oxygen atoms in total. The summed E-state index contributed by atoms with van der Waals surface area (Å²) in [5.41, 5.74) is 1.24. The summed E-state index contributed by atoms with van der Waals surface area (Å²) in [5, 5.41) is 7.70. The highest BCUT2D eigenvalue weighted by atomic mass is 79.9. The molecule has 16 heavy (non-hydrogen) atoms. The highest BCUT2D eigenvalue weighted by Gasteiger charge is 2.07. The van der Waals surface area contributed by atoms with Gasteiger partial charge in [0.1, 0.15) is 0 Å². The Bertz CT molecular complexity index is 301. The van der Waals surface area contributed by atoms with Gasteiger partial charge in [-0.3, -0.25) is 4.68 Å². The molecule has 0 unspecified atom stereocenters. The zero-order chi connectivity index (χ0) is 11.8. The predicted molar refractivity (Wildman–Crippen MR) is 68.7 cm³/mol. The topological polar surface area (TPSA) is 39.1 Å². The van der Waals surface area contributed by atoms with Crippen molar-refractivity contribution in [2.45, 2.75) is 26.3 Å². The molecule has 0 aliphatic rings. The molecule has 0 atom stereocenters. The third-order valence-corrected chi connectivity index (χ3v) is 3.03. The van der Waals surface area contributed by atoms with Crippen LogP contribution in [0.25, 0.3) is 0 Å². The summed E-state index contributed by atoms with van der Waals surface area (Å²) in [5.74, 6) is 0. The lowest BCUT2D eigenvalue weighted by atomic mass is 10.3. The van der Waals surface area contributed by atoms with Gasteiger partial charge >= 0.3 is 0 Å². The zero-order valence-corrected chi connectivity index (χ0v) is 11.6. The lowest BCUT2D eigenvalue weighted by Crippen LogP contribution is -2.20. The molecular weight excluding hydrogens is 270 g/mol. The van der Waals surface area contributed by atoms with Crippen molar-refractivity contribution in [1.29, 1.82) is 0 Å². The van der Waals surface area contributed by atoms with Crippen LogP contribution in [0.3, 0.4) is 0 Å². The van der Waals surface area contributed by atoms with Gasteiger partial charge in [0.05, 0.1) is 29.5 Å². The molecule has 0 spiro atoms. The minimum absolute atomic E-state index is 0.698. The van der Waals surface area contributed by atoms with Crippen molar-refractivity contribution < 1.29 is 4.74 Å². The van der Waals surface area contributed by atoms with E-state index >= 15 is 0 Å². The van der Waals surface area contributed by atoms with Crippen LogP contribution in [-0.2, 0) is 17.7 Å². The minimum Gasteiger partial charge on any atom is -0.383 e. The maximum absolute atomic E-state index is 5.06. The van der Waals surface area contributed by atoms with Crippen LogP contribution in [0.5, 0.6) is 0 Å². The van der Waals surface area contributed by atoms with Crippen LogP contribution in [-0.4, -0.2) is 36.6 Å². The highest BCUT2D eigenvalue weighted by molar-refractivity contribution is 9.10. The van der Waals surface area contributed by atoms with Crippen LogP contribution >= 0.6 is 15.9 Å². The summed E-state index contributed by atoms with van der Waals surface area (Å²) < 4.78 is 8.15. The molecule has 0 amide bonds. The molecule has 5 heteroatoms. The third-order valence-electron chi connectivity index (χ3n) is 2.37. The van der Waals surface area contributed by atoms with Crippen molar-refractivity contribution in [2.75, 3.05) is 26.8 Å². The fourth-order valence-corrected chi connectivity index (χ4v) is 2.01. The molecule has 0 aromatic carbocycles. The molecular formula is C11H20BrN3O. The summed E-state index contributed by atoms with van der Waals surface area (Å²) in [6, 6.07) is 0. The number of nitrogens with zero attached hydrogens (tertiary/aromatic N) is 2. The molecule has 0 bridgehead atoms. The Kier molecular flexibility index (Phi) is 6.68. The Morgan fingerprint density at radius 3 is 3.00 bits per heavy atom. The average molecular weight is 290 g/mol. The van der Waals surface area contributed by atoms with E-state index in [2.05, 4.69) is 33.3 Å². The number of aromatic nitrogens is 2. The molecule has 0 saturated carbocycles. The lowest BCUT2D eigenvalue weighted by molar-refractivity contribution is 0.182. The van der Waals surface area contributed by atoms with Crippen molar-refractivity contribution in [1.82, 2.24) is 15.1 Å². The molecule has 0 saturated heterocycles. The number of hydrogen-bond acceptors (Lipinski definition) is 3. The molecule has 1 N–H and O–H groups in total. The van der Waals surface area contributed by atoms with Gasteiger partial charge in [-0.15, -0.1) is 0 Å². The molecule has 1 aromatic heterocycles. The maximum Gasteiger partial charge on any atom is 0.0658 e. The molecule has 92 valence electrons. The van der Waals surface area contributed by atoms with Crippen molar-refractivity contribution >= 4 is 15.9 Å². The van der Waals surface area contributed by atoms with Crippen molar-refractivity contribution in [2.24, 2.45) is 0 Å². The van der Waals surface area contributed by atoms with E-state index in [1.54, 1.807) is 7.11 Å². The van der Waals surface area contributed by atoms with E-state index in [9.17, 15) is 0 Å². The van der Waals surface area contributed by atoms with Crippen LogP contribution in [0.1, 0.15) is 19.0 Å². The second kappa shape index (κ2) is 7.81. The normalized spacial score (nSPS) is 10.9.